The minimum Gasteiger partial charge on any atom is -0.467 e. The lowest BCUT2D eigenvalue weighted by Crippen LogP contribution is -2.19. The molecule has 0 radical (unpaired) electrons. The summed E-state index contributed by atoms with van der Waals surface area (Å²) in [5.41, 5.74) is 8.80. The van der Waals surface area contributed by atoms with E-state index in [9.17, 15) is 4.79 Å². The molecule has 3 rings (SSSR count). The Morgan fingerprint density at radius 1 is 1.16 bits per heavy atom. The predicted molar refractivity (Wildman–Crippen MR) is 72.9 cm³/mol. The average molecular weight is 257 g/mol. The van der Waals surface area contributed by atoms with Crippen molar-refractivity contribution in [2.24, 2.45) is 19.8 Å². The summed E-state index contributed by atoms with van der Waals surface area (Å²) in [5.74, 6) is 0.709. The lowest BCUT2D eigenvalue weighted by Gasteiger charge is -2.09. The highest BCUT2D eigenvalue weighted by Crippen LogP contribution is 2.23. The minimum atomic E-state index is -0.324. The van der Waals surface area contributed by atoms with E-state index in [0.717, 1.165) is 16.6 Å². The SMILES string of the molecule is Cn1c(=O)n(C)c2cc(C(N)c3ccco3)ccc21. The third-order valence-corrected chi connectivity index (χ3v) is 3.50. The van der Waals surface area contributed by atoms with Crippen molar-refractivity contribution in [3.63, 3.8) is 0 Å². The summed E-state index contributed by atoms with van der Waals surface area (Å²) in [4.78, 5) is 11.9. The zero-order chi connectivity index (χ0) is 13.6. The smallest absolute Gasteiger partial charge is 0.328 e. The van der Waals surface area contributed by atoms with Crippen LogP contribution in [0.1, 0.15) is 17.4 Å². The standard InChI is InChI=1S/C14H15N3O2/c1-16-10-6-5-9(8-11(10)17(2)14(16)18)13(15)12-4-3-7-19-12/h3-8,13H,15H2,1-2H3. The molecule has 0 aliphatic heterocycles. The van der Waals surface area contributed by atoms with E-state index in [1.165, 1.54) is 0 Å². The number of fused-ring (bicyclic) bond motifs is 1. The van der Waals surface area contributed by atoms with Crippen molar-refractivity contribution in [2.75, 3.05) is 0 Å². The number of nitrogens with zero attached hydrogens (tertiary/aromatic N) is 2. The average Bonchev–Trinajstić information content (AvgIpc) is 3.03. The van der Waals surface area contributed by atoms with Crippen LogP contribution in [0.3, 0.4) is 0 Å². The monoisotopic (exact) mass is 257 g/mol. The van der Waals surface area contributed by atoms with Gasteiger partial charge in [-0.05, 0) is 29.8 Å². The molecule has 5 nitrogen and oxygen atoms in total. The van der Waals surface area contributed by atoms with Gasteiger partial charge in [-0.25, -0.2) is 4.79 Å². The summed E-state index contributed by atoms with van der Waals surface area (Å²) < 4.78 is 8.56. The van der Waals surface area contributed by atoms with Crippen LogP contribution in [-0.4, -0.2) is 9.13 Å². The van der Waals surface area contributed by atoms with Crippen LogP contribution >= 0.6 is 0 Å². The maximum atomic E-state index is 11.9. The number of nitrogens with two attached hydrogens (primary N) is 1. The third kappa shape index (κ3) is 1.70. The molecule has 2 aromatic heterocycles. The lowest BCUT2D eigenvalue weighted by molar-refractivity contribution is 0.490. The van der Waals surface area contributed by atoms with Crippen molar-refractivity contribution in [3.8, 4) is 0 Å². The van der Waals surface area contributed by atoms with E-state index in [1.807, 2.05) is 30.3 Å². The maximum absolute atomic E-state index is 11.9. The Kier molecular flexibility index (Phi) is 2.57. The molecule has 0 aliphatic rings. The number of imidazole rings is 1. The fourth-order valence-corrected chi connectivity index (χ4v) is 2.35. The Labute approximate surface area is 109 Å². The first-order valence-corrected chi connectivity index (χ1v) is 6.04. The van der Waals surface area contributed by atoms with Crippen LogP contribution in [0.5, 0.6) is 0 Å². The Hall–Kier alpha value is -2.27. The zero-order valence-electron chi connectivity index (χ0n) is 10.8. The number of benzene rings is 1. The Morgan fingerprint density at radius 3 is 2.58 bits per heavy atom. The van der Waals surface area contributed by atoms with E-state index in [0.29, 0.717) is 5.76 Å². The summed E-state index contributed by atoms with van der Waals surface area (Å²) in [7, 11) is 3.52. The molecule has 19 heavy (non-hydrogen) atoms. The van der Waals surface area contributed by atoms with Crippen LogP contribution in [0.4, 0.5) is 0 Å². The van der Waals surface area contributed by atoms with Gasteiger partial charge < -0.3 is 10.2 Å². The van der Waals surface area contributed by atoms with Crippen molar-refractivity contribution in [3.05, 3.63) is 58.4 Å². The third-order valence-electron chi connectivity index (χ3n) is 3.50. The fourth-order valence-electron chi connectivity index (χ4n) is 2.35. The minimum absolute atomic E-state index is 0.0429. The van der Waals surface area contributed by atoms with E-state index in [1.54, 1.807) is 29.5 Å². The van der Waals surface area contributed by atoms with Crippen molar-refractivity contribution in [2.45, 2.75) is 6.04 Å². The molecule has 0 amide bonds. The quantitative estimate of drug-likeness (QED) is 0.757. The van der Waals surface area contributed by atoms with Gasteiger partial charge >= 0.3 is 5.69 Å². The van der Waals surface area contributed by atoms with Crippen LogP contribution in [0.15, 0.2) is 45.8 Å². The van der Waals surface area contributed by atoms with E-state index in [-0.39, 0.29) is 11.7 Å². The van der Waals surface area contributed by atoms with Gasteiger partial charge in [0, 0.05) is 14.1 Å². The van der Waals surface area contributed by atoms with Gasteiger partial charge in [0.25, 0.3) is 0 Å². The van der Waals surface area contributed by atoms with Crippen molar-refractivity contribution >= 4 is 11.0 Å². The van der Waals surface area contributed by atoms with E-state index < -0.39 is 0 Å². The van der Waals surface area contributed by atoms with Crippen LogP contribution in [-0.2, 0) is 14.1 Å². The molecule has 0 saturated carbocycles. The molecule has 5 heteroatoms. The summed E-state index contributed by atoms with van der Waals surface area (Å²) >= 11 is 0. The number of aromatic nitrogens is 2. The molecular weight excluding hydrogens is 242 g/mol. The van der Waals surface area contributed by atoms with Gasteiger partial charge in [-0.2, -0.15) is 0 Å². The first kappa shape index (κ1) is 11.8. The van der Waals surface area contributed by atoms with Crippen molar-refractivity contribution in [1.29, 1.82) is 0 Å². The molecule has 0 saturated heterocycles. The second kappa shape index (κ2) is 4.13. The van der Waals surface area contributed by atoms with Crippen LogP contribution < -0.4 is 11.4 Å². The topological polar surface area (TPSA) is 66.1 Å². The highest BCUT2D eigenvalue weighted by Gasteiger charge is 2.14. The van der Waals surface area contributed by atoms with E-state index in [4.69, 9.17) is 10.2 Å². The molecule has 0 spiro atoms. The second-order valence-corrected chi connectivity index (χ2v) is 4.64. The summed E-state index contributed by atoms with van der Waals surface area (Å²) in [5, 5.41) is 0. The second-order valence-electron chi connectivity index (χ2n) is 4.64. The summed E-state index contributed by atoms with van der Waals surface area (Å²) in [6.07, 6.45) is 1.60. The number of hydrogen-bond acceptors (Lipinski definition) is 3. The molecule has 0 fully saturated rings. The molecule has 0 bridgehead atoms. The summed E-state index contributed by atoms with van der Waals surface area (Å²) in [6.45, 7) is 0. The maximum Gasteiger partial charge on any atom is 0.328 e. The Bertz CT molecular complexity index is 781. The molecule has 2 heterocycles. The van der Waals surface area contributed by atoms with Gasteiger partial charge in [0.2, 0.25) is 0 Å². The lowest BCUT2D eigenvalue weighted by atomic mass is 10.0. The molecule has 98 valence electrons. The van der Waals surface area contributed by atoms with Crippen LogP contribution in [0.2, 0.25) is 0 Å². The van der Waals surface area contributed by atoms with E-state index >= 15 is 0 Å². The number of furan rings is 1. The largest absolute Gasteiger partial charge is 0.467 e. The van der Waals surface area contributed by atoms with Crippen molar-refractivity contribution in [1.82, 2.24) is 9.13 Å². The van der Waals surface area contributed by atoms with Gasteiger partial charge in [0.15, 0.2) is 0 Å². The normalized spacial score (nSPS) is 13.0. The highest BCUT2D eigenvalue weighted by atomic mass is 16.3. The molecule has 1 unspecified atom stereocenters. The molecule has 2 N–H and O–H groups in total. The van der Waals surface area contributed by atoms with Gasteiger partial charge in [-0.1, -0.05) is 6.07 Å². The predicted octanol–water partition coefficient (Wildman–Crippen LogP) is 1.52. The molecule has 3 aromatic rings. The van der Waals surface area contributed by atoms with Crippen molar-refractivity contribution < 1.29 is 4.42 Å². The number of rotatable bonds is 2. The van der Waals surface area contributed by atoms with Crippen LogP contribution in [0, 0.1) is 0 Å². The van der Waals surface area contributed by atoms with Crippen LogP contribution in [0.25, 0.3) is 11.0 Å². The first-order chi connectivity index (χ1) is 9.09. The fraction of sp³-hybridized carbons (Fsp3) is 0.214. The molecule has 0 aliphatic carbocycles. The Morgan fingerprint density at radius 2 is 1.89 bits per heavy atom. The van der Waals surface area contributed by atoms with E-state index in [2.05, 4.69) is 0 Å². The first-order valence-electron chi connectivity index (χ1n) is 6.04. The zero-order valence-corrected chi connectivity index (χ0v) is 10.8. The highest BCUT2D eigenvalue weighted by molar-refractivity contribution is 5.77. The molecule has 1 aromatic carbocycles. The van der Waals surface area contributed by atoms with Gasteiger partial charge in [-0.15, -0.1) is 0 Å². The molecule has 1 atom stereocenters. The summed E-state index contributed by atoms with van der Waals surface area (Å²) in [6, 6.07) is 9.10. The van der Waals surface area contributed by atoms with Gasteiger partial charge in [0.1, 0.15) is 5.76 Å². The Balaban J connectivity index is 2.17. The van der Waals surface area contributed by atoms with Gasteiger partial charge in [0.05, 0.1) is 23.3 Å². The number of hydrogen-bond donors (Lipinski definition) is 1. The number of aryl methyl sites for hydroxylation is 2. The molecular formula is C14H15N3O2. The van der Waals surface area contributed by atoms with Gasteiger partial charge in [-0.3, -0.25) is 9.13 Å².